The standard InChI is InChI=1S/2C31H47N2.C18H33P.2C7H6.C2H6.3CH3.BF3.4ClH.FH.2Ru/c2*1-28(2,3)22-15-23(29(4,5)6)18-26(17-22)32-13-14-33(21-32)27-19-24(30(7,8)9)16-25(20-27)31(10,11)12;1-4-10-16(11-5-1)19(17-12-6-2-7-13-17)18-14-8-3-9-15-18;2*1-7-5-3-2-4-6-7;1-2;;;;2-1(3)4;;;;;;;/h2*15-21H,13-14H2,1-12H3;16-18H,1-15H2;2*1-6H;1-2H3;3*1H3;;5*1H;;/q-1;+1;;;;;3*-1;;;;;;;2*+2/p-4. The van der Waals surface area contributed by atoms with E-state index in [1.54, 1.807) is 96.3 Å². The first-order valence-electron chi connectivity index (χ1n) is 41.4. The van der Waals surface area contributed by atoms with Crippen molar-refractivity contribution in [3.63, 3.8) is 0 Å². The van der Waals surface area contributed by atoms with Gasteiger partial charge >= 0.3 is 154 Å². The van der Waals surface area contributed by atoms with E-state index in [1.165, 1.54) is 84.2 Å². The van der Waals surface area contributed by atoms with Gasteiger partial charge in [0.1, 0.15) is 24.5 Å². The Balaban J connectivity index is 0.000000747. The first-order valence-corrected chi connectivity index (χ1v) is 54.1. The third-order valence-electron chi connectivity index (χ3n) is 21.9. The minimum absolute atomic E-state index is 0. The number of halogens is 8. The second-order valence-corrected chi connectivity index (χ2v) is 54.2. The van der Waals surface area contributed by atoms with Gasteiger partial charge in [-0.25, -0.2) is 9.48 Å². The van der Waals surface area contributed by atoms with Crippen molar-refractivity contribution in [1.82, 2.24) is 0 Å². The van der Waals surface area contributed by atoms with Gasteiger partial charge in [0.15, 0.2) is 0 Å². The largest absolute Gasteiger partial charge is 1.00 e. The Morgan fingerprint density at radius 2 is 0.609 bits per heavy atom. The Morgan fingerprint density at radius 3 is 0.843 bits per heavy atom. The number of nitrogens with zero attached hydrogens (tertiary/aromatic N) is 4. The molecule has 0 atom stereocenters. The average molecular weight is 1860 g/mol. The van der Waals surface area contributed by atoms with Gasteiger partial charge in [0, 0.05) is 32.4 Å². The van der Waals surface area contributed by atoms with Gasteiger partial charge in [-0.1, -0.05) is 224 Å². The Morgan fingerprint density at radius 1 is 0.374 bits per heavy atom. The van der Waals surface area contributed by atoms with Gasteiger partial charge in [-0.2, -0.15) is 6.67 Å². The van der Waals surface area contributed by atoms with Gasteiger partial charge in [-0.15, -0.1) is 0 Å². The number of benzene rings is 6. The molecule has 5 aliphatic rings. The molecule has 115 heavy (non-hydrogen) atoms. The Bertz CT molecular complexity index is 3570. The van der Waals surface area contributed by atoms with E-state index in [4.69, 9.17) is 38.8 Å². The molecule has 2 heterocycles. The molecule has 0 amide bonds. The molecule has 0 bridgehead atoms. The maximum absolute atomic E-state index is 9.67. The zero-order valence-corrected chi connectivity index (χ0v) is 84.3. The molecular formula is C99H155BCl4F4N4PRu2-3. The fourth-order valence-electron chi connectivity index (χ4n) is 14.9. The van der Waals surface area contributed by atoms with Crippen molar-refractivity contribution >= 4 is 92.5 Å². The van der Waals surface area contributed by atoms with Crippen molar-refractivity contribution in [3.8, 4) is 0 Å². The summed E-state index contributed by atoms with van der Waals surface area (Å²) in [4.78, 5) is 7.31. The van der Waals surface area contributed by atoms with Crippen LogP contribution in [0.5, 0.6) is 0 Å². The van der Waals surface area contributed by atoms with Gasteiger partial charge in [0.25, 0.3) is 0 Å². The fourth-order valence-corrected chi connectivity index (χ4v) is 23.8. The van der Waals surface area contributed by atoms with E-state index in [-0.39, 0.29) is 78.2 Å². The summed E-state index contributed by atoms with van der Waals surface area (Å²) in [5, 5.41) is 0. The van der Waals surface area contributed by atoms with Crippen LogP contribution in [0.15, 0.2) is 133 Å². The van der Waals surface area contributed by atoms with Crippen LogP contribution in [0, 0.1) is 28.9 Å². The van der Waals surface area contributed by atoms with Crippen LogP contribution in [0.1, 0.15) is 332 Å². The van der Waals surface area contributed by atoms with Gasteiger partial charge in [-0.05, 0) is 213 Å². The molecule has 0 radical (unpaired) electrons. The molecule has 11 rings (SSSR count). The van der Waals surface area contributed by atoms with Crippen molar-refractivity contribution < 1.29 is 49.3 Å². The summed E-state index contributed by atoms with van der Waals surface area (Å²) in [7, 11) is 18.9. The van der Waals surface area contributed by atoms with E-state index < -0.39 is 34.6 Å². The summed E-state index contributed by atoms with van der Waals surface area (Å²) in [6.07, 6.45) is 26.1. The van der Waals surface area contributed by atoms with Crippen LogP contribution in [0.3, 0.4) is 0 Å². The average Bonchev–Trinajstić information content (AvgIpc) is 1.73. The van der Waals surface area contributed by atoms with Crippen LogP contribution in [0.25, 0.3) is 0 Å². The van der Waals surface area contributed by atoms with Crippen LogP contribution in [0.2, 0.25) is 0 Å². The van der Waals surface area contributed by atoms with Gasteiger partial charge in [0.2, 0.25) is 6.34 Å². The molecule has 0 unspecified atom stereocenters. The molecule has 3 saturated carbocycles. The van der Waals surface area contributed by atoms with Crippen LogP contribution >= 0.6 is 46.7 Å². The molecule has 654 valence electrons. The van der Waals surface area contributed by atoms with Crippen LogP contribution in [0.4, 0.5) is 35.7 Å². The minimum atomic E-state index is -3.67. The van der Waals surface area contributed by atoms with Gasteiger partial charge in [0.05, 0.1) is 17.0 Å². The van der Waals surface area contributed by atoms with E-state index in [0.29, 0.717) is 0 Å². The predicted octanol–water partition coefficient (Wildman–Crippen LogP) is 28.4. The molecule has 16 heteroatoms. The van der Waals surface area contributed by atoms with Crippen molar-refractivity contribution in [1.29, 1.82) is 0 Å². The summed E-state index contributed by atoms with van der Waals surface area (Å²) >= 11 is -3.23. The molecule has 4 fully saturated rings. The van der Waals surface area contributed by atoms with E-state index in [0.717, 1.165) is 37.3 Å². The quantitative estimate of drug-likeness (QED) is 0.0471. The summed E-state index contributed by atoms with van der Waals surface area (Å²) in [6, 6.07) is 48.5. The van der Waals surface area contributed by atoms with Gasteiger partial charge in [-0.3, -0.25) is 12.9 Å². The normalized spacial score (nSPS) is 16.1. The number of anilines is 3. The van der Waals surface area contributed by atoms with Crippen LogP contribution in [-0.2, 0) is 70.4 Å². The molecular weight excluding hydrogens is 1710 g/mol. The van der Waals surface area contributed by atoms with E-state index in [9.17, 15) is 12.9 Å². The summed E-state index contributed by atoms with van der Waals surface area (Å²) in [5.74, 6) is 0. The first kappa shape index (κ1) is 110. The molecule has 3 aliphatic carbocycles. The van der Waals surface area contributed by atoms with E-state index in [1.807, 2.05) is 83.7 Å². The smallest absolute Gasteiger partial charge is 1.00 e. The Hall–Kier alpha value is -3.25. The van der Waals surface area contributed by atoms with Crippen molar-refractivity contribution in [2.45, 2.75) is 337 Å². The number of hydrogen-bond acceptors (Lipinski definition) is 3. The molecule has 0 aromatic heterocycles. The number of rotatable bonds is 9. The Kier molecular flexibility index (Phi) is 46.9. The molecule has 0 spiro atoms. The molecule has 4 nitrogen and oxygen atoms in total. The second kappa shape index (κ2) is 49.1. The summed E-state index contributed by atoms with van der Waals surface area (Å²) in [5.41, 5.74) is 23.3. The molecule has 1 saturated heterocycles. The molecule has 0 N–H and O–H groups in total. The summed E-state index contributed by atoms with van der Waals surface area (Å²) < 4.78 is 35.3. The first-order chi connectivity index (χ1) is 51.5. The SMILES string of the molecule is C1CCC([PH+](C2CCCCC2)C2CCCCC2)CC1.CC.CC(C)(C)c1cc(N2C=[N+](c3cc(C(C)(C)C)cc(C(C)(C)C)c3)CC2)cc(C(C)(C)C)c1.CC(C)(C)c1cc(N2[CH-]N(c3cc(C(C)(C)C)cc(C(C)(C)C)c3)CC2)cc(C(C)(C)C)c1.FB(F)F.[CH3-].[CH3-].[CH3-].[Cl][Ru]([Cl])=[CH]c1ccccc1.[Cl][Ru]([Cl])=[CH]c1ccccc1.[F-]. The zero-order chi connectivity index (χ0) is 83.3. The monoisotopic (exact) mass is 1860 g/mol. The Labute approximate surface area is 731 Å². The third-order valence-corrected chi connectivity index (χ3v) is 30.2. The van der Waals surface area contributed by atoms with E-state index >= 15 is 0 Å². The third kappa shape index (κ3) is 37.6. The van der Waals surface area contributed by atoms with Crippen molar-refractivity contribution in [3.05, 3.63) is 218 Å². The zero-order valence-electron chi connectivity index (χ0n) is 76.8. The predicted molar refractivity (Wildman–Crippen MR) is 508 cm³/mol. The number of hydrogen-bond donors (Lipinski definition) is 0. The molecule has 6 aromatic rings. The summed E-state index contributed by atoms with van der Waals surface area (Å²) in [6.45, 7) is 65.8. The topological polar surface area (TPSA) is 12.7 Å². The van der Waals surface area contributed by atoms with Gasteiger partial charge < -0.3 is 36.8 Å². The minimum Gasteiger partial charge on any atom is -1.00 e. The fraction of sp³-hybridized carbons (Fsp3) is 0.566. The van der Waals surface area contributed by atoms with Crippen molar-refractivity contribution in [2.75, 3.05) is 40.9 Å². The maximum atomic E-state index is 9.67. The molecule has 2 aliphatic heterocycles. The maximum Gasteiger partial charge on any atom is -1.00 e. The van der Waals surface area contributed by atoms with E-state index in [2.05, 4.69) is 271 Å². The molecule has 6 aromatic carbocycles. The van der Waals surface area contributed by atoms with Crippen LogP contribution < -0.4 is 19.4 Å². The van der Waals surface area contributed by atoms with Crippen molar-refractivity contribution in [2.24, 2.45) is 0 Å². The van der Waals surface area contributed by atoms with Crippen LogP contribution in [-0.4, -0.2) is 70.8 Å². The second-order valence-electron chi connectivity index (χ2n) is 39.3.